The third-order valence-corrected chi connectivity index (χ3v) is 3.90. The molecule has 1 aliphatic carbocycles. The van der Waals surface area contributed by atoms with Crippen molar-refractivity contribution in [2.45, 2.75) is 18.8 Å². The predicted molar refractivity (Wildman–Crippen MR) is 75.2 cm³/mol. The molecule has 0 unspecified atom stereocenters. The molecule has 3 aromatic rings. The van der Waals surface area contributed by atoms with Crippen LogP contribution in [0.25, 0.3) is 16.6 Å². The van der Waals surface area contributed by atoms with Crippen molar-refractivity contribution in [1.82, 2.24) is 4.57 Å². The van der Waals surface area contributed by atoms with E-state index in [2.05, 4.69) is 4.57 Å². The van der Waals surface area contributed by atoms with E-state index in [1.54, 1.807) is 18.2 Å². The minimum Gasteiger partial charge on any atom is -0.313 e. The molecule has 1 aliphatic rings. The van der Waals surface area contributed by atoms with Gasteiger partial charge in [-0.2, -0.15) is 0 Å². The maximum atomic E-state index is 14.0. The standard InChI is InChI=1S/C17H13F2N/c18-12-6-8-13(9-7-12)20-16-3-1-2-15(19)14(16)10-17(20)11-4-5-11/h1-3,6-11H,4-5H2. The smallest absolute Gasteiger partial charge is 0.132 e. The quantitative estimate of drug-likeness (QED) is 0.630. The molecule has 0 amide bonds. The van der Waals surface area contributed by atoms with E-state index >= 15 is 0 Å². The maximum absolute atomic E-state index is 14.0. The minimum atomic E-state index is -0.260. The van der Waals surface area contributed by atoms with Crippen molar-refractivity contribution >= 4 is 10.9 Å². The van der Waals surface area contributed by atoms with Crippen LogP contribution in [0.4, 0.5) is 8.78 Å². The number of hydrogen-bond acceptors (Lipinski definition) is 0. The van der Waals surface area contributed by atoms with Gasteiger partial charge in [-0.25, -0.2) is 8.78 Å². The molecule has 3 heteroatoms. The number of aromatic nitrogens is 1. The fraction of sp³-hybridized carbons (Fsp3) is 0.176. The van der Waals surface area contributed by atoms with Crippen LogP contribution < -0.4 is 0 Å². The first-order valence-corrected chi connectivity index (χ1v) is 6.80. The summed E-state index contributed by atoms with van der Waals surface area (Å²) in [5.41, 5.74) is 2.85. The SMILES string of the molecule is Fc1ccc(-n2c(C3CC3)cc3c(F)cccc32)cc1. The predicted octanol–water partition coefficient (Wildman–Crippen LogP) is 4.79. The molecule has 1 fully saturated rings. The highest BCUT2D eigenvalue weighted by Gasteiger charge is 2.28. The van der Waals surface area contributed by atoms with E-state index in [4.69, 9.17) is 0 Å². The lowest BCUT2D eigenvalue weighted by Gasteiger charge is -2.10. The number of fused-ring (bicyclic) bond motifs is 1. The second-order valence-electron chi connectivity index (χ2n) is 5.33. The average molecular weight is 269 g/mol. The first-order chi connectivity index (χ1) is 9.74. The molecule has 4 rings (SSSR count). The van der Waals surface area contributed by atoms with Crippen molar-refractivity contribution in [2.75, 3.05) is 0 Å². The van der Waals surface area contributed by atoms with Crippen LogP contribution in [0, 0.1) is 11.6 Å². The lowest BCUT2D eigenvalue weighted by Crippen LogP contribution is -1.98. The molecule has 1 nitrogen and oxygen atoms in total. The Labute approximate surface area is 115 Å². The number of hydrogen-bond donors (Lipinski definition) is 0. The molecule has 1 aromatic heterocycles. The van der Waals surface area contributed by atoms with Crippen LogP contribution in [0.3, 0.4) is 0 Å². The highest BCUT2D eigenvalue weighted by atomic mass is 19.1. The molecule has 0 radical (unpaired) electrons. The lowest BCUT2D eigenvalue weighted by atomic mass is 10.2. The Morgan fingerprint density at radius 2 is 1.70 bits per heavy atom. The van der Waals surface area contributed by atoms with Crippen LogP contribution in [0.1, 0.15) is 24.5 Å². The van der Waals surface area contributed by atoms with E-state index in [0.717, 1.165) is 29.7 Å². The molecule has 0 bridgehead atoms. The van der Waals surface area contributed by atoms with Gasteiger partial charge in [0.05, 0.1) is 5.52 Å². The van der Waals surface area contributed by atoms with Crippen molar-refractivity contribution in [3.63, 3.8) is 0 Å². The molecule has 20 heavy (non-hydrogen) atoms. The maximum Gasteiger partial charge on any atom is 0.132 e. The molecule has 0 aliphatic heterocycles. The Balaban J connectivity index is 2.03. The van der Waals surface area contributed by atoms with Gasteiger partial charge in [0, 0.05) is 16.8 Å². The van der Waals surface area contributed by atoms with Gasteiger partial charge in [0.1, 0.15) is 11.6 Å². The van der Waals surface area contributed by atoms with Crippen LogP contribution in [0.2, 0.25) is 0 Å². The van der Waals surface area contributed by atoms with Gasteiger partial charge in [-0.15, -0.1) is 0 Å². The number of nitrogens with zero attached hydrogens (tertiary/aromatic N) is 1. The third kappa shape index (κ3) is 1.73. The second-order valence-corrected chi connectivity index (χ2v) is 5.33. The normalized spacial score (nSPS) is 14.9. The molecule has 2 aromatic carbocycles. The Morgan fingerprint density at radius 1 is 0.950 bits per heavy atom. The van der Waals surface area contributed by atoms with Gasteiger partial charge in [-0.3, -0.25) is 0 Å². The summed E-state index contributed by atoms with van der Waals surface area (Å²) in [7, 11) is 0. The second kappa shape index (κ2) is 4.17. The summed E-state index contributed by atoms with van der Waals surface area (Å²) in [5, 5.41) is 0.638. The van der Waals surface area contributed by atoms with Crippen molar-refractivity contribution in [3.8, 4) is 5.69 Å². The van der Waals surface area contributed by atoms with Gasteiger partial charge in [-0.05, 0) is 61.2 Å². The average Bonchev–Trinajstić information content (AvgIpc) is 3.21. The van der Waals surface area contributed by atoms with Gasteiger partial charge >= 0.3 is 0 Å². The zero-order valence-electron chi connectivity index (χ0n) is 10.8. The van der Waals surface area contributed by atoms with Crippen LogP contribution in [-0.2, 0) is 0 Å². The zero-order chi connectivity index (χ0) is 13.7. The fourth-order valence-corrected chi connectivity index (χ4v) is 2.77. The Bertz CT molecular complexity index is 783. The van der Waals surface area contributed by atoms with Gasteiger partial charge in [0.25, 0.3) is 0 Å². The summed E-state index contributed by atoms with van der Waals surface area (Å²) in [6.45, 7) is 0. The summed E-state index contributed by atoms with van der Waals surface area (Å²) in [6.07, 6.45) is 2.28. The summed E-state index contributed by atoms with van der Waals surface area (Å²) < 4.78 is 29.1. The van der Waals surface area contributed by atoms with Gasteiger partial charge in [0.2, 0.25) is 0 Å². The fourth-order valence-electron chi connectivity index (χ4n) is 2.77. The number of rotatable bonds is 2. The van der Waals surface area contributed by atoms with Crippen molar-refractivity contribution in [2.24, 2.45) is 0 Å². The van der Waals surface area contributed by atoms with E-state index < -0.39 is 0 Å². The molecular weight excluding hydrogens is 256 g/mol. The zero-order valence-corrected chi connectivity index (χ0v) is 10.8. The number of halogens is 2. The summed E-state index contributed by atoms with van der Waals surface area (Å²) in [4.78, 5) is 0. The lowest BCUT2D eigenvalue weighted by molar-refractivity contribution is 0.627. The van der Waals surface area contributed by atoms with Crippen LogP contribution in [-0.4, -0.2) is 4.57 Å². The summed E-state index contributed by atoms with van der Waals surface area (Å²) in [6, 6.07) is 13.4. The first kappa shape index (κ1) is 11.6. The molecule has 0 spiro atoms. The molecular formula is C17H13F2N. The Morgan fingerprint density at radius 3 is 2.40 bits per heavy atom. The molecule has 0 atom stereocenters. The molecule has 1 saturated carbocycles. The largest absolute Gasteiger partial charge is 0.313 e. The van der Waals surface area contributed by atoms with Crippen molar-refractivity contribution in [3.05, 3.63) is 65.9 Å². The van der Waals surface area contributed by atoms with Gasteiger partial charge in [0.15, 0.2) is 0 Å². The van der Waals surface area contributed by atoms with E-state index in [1.165, 1.54) is 18.2 Å². The first-order valence-electron chi connectivity index (χ1n) is 6.80. The van der Waals surface area contributed by atoms with E-state index in [0.29, 0.717) is 11.3 Å². The monoisotopic (exact) mass is 269 g/mol. The van der Waals surface area contributed by atoms with Crippen LogP contribution in [0.15, 0.2) is 48.5 Å². The topological polar surface area (TPSA) is 4.93 Å². The van der Waals surface area contributed by atoms with Gasteiger partial charge < -0.3 is 4.57 Å². The molecule has 100 valence electrons. The number of benzene rings is 2. The highest BCUT2D eigenvalue weighted by molar-refractivity contribution is 5.84. The Hall–Kier alpha value is -2.16. The van der Waals surface area contributed by atoms with E-state index in [9.17, 15) is 8.78 Å². The summed E-state index contributed by atoms with van der Waals surface area (Å²) in [5.74, 6) is 0.0291. The van der Waals surface area contributed by atoms with Crippen LogP contribution >= 0.6 is 0 Å². The molecule has 1 heterocycles. The van der Waals surface area contributed by atoms with E-state index in [1.807, 2.05) is 12.1 Å². The highest BCUT2D eigenvalue weighted by Crippen LogP contribution is 2.43. The van der Waals surface area contributed by atoms with Crippen molar-refractivity contribution < 1.29 is 8.78 Å². The van der Waals surface area contributed by atoms with Crippen molar-refractivity contribution in [1.29, 1.82) is 0 Å². The van der Waals surface area contributed by atoms with Gasteiger partial charge in [-0.1, -0.05) is 6.07 Å². The molecule has 0 saturated heterocycles. The van der Waals surface area contributed by atoms with Crippen LogP contribution in [0.5, 0.6) is 0 Å². The third-order valence-electron chi connectivity index (χ3n) is 3.90. The Kier molecular flexibility index (Phi) is 2.43. The van der Waals surface area contributed by atoms with E-state index in [-0.39, 0.29) is 11.6 Å². The molecule has 0 N–H and O–H groups in total. The minimum absolute atomic E-state index is 0.203. The summed E-state index contributed by atoms with van der Waals surface area (Å²) >= 11 is 0.